The quantitative estimate of drug-likeness (QED) is 0.397. The number of nitrogens with one attached hydrogen (secondary N) is 1. The van der Waals surface area contributed by atoms with Crippen LogP contribution in [0.5, 0.6) is 5.75 Å². The molecule has 1 aliphatic carbocycles. The molecule has 0 saturated carbocycles. The van der Waals surface area contributed by atoms with E-state index in [4.69, 9.17) is 4.74 Å². The zero-order valence-corrected chi connectivity index (χ0v) is 17.9. The van der Waals surface area contributed by atoms with Gasteiger partial charge in [-0.05, 0) is 50.3 Å². The van der Waals surface area contributed by atoms with Crippen molar-refractivity contribution < 1.29 is 9.25 Å². The number of rotatable bonds is 5. The molecule has 0 amide bonds. The standard InChI is InChI=1S/C24H25N5O2/c1-16-25-24-26-20-12-14-28(13-11-17-7-4-3-5-8-17)23(30)21(20)22(29(24)27-16)18-9-6-10-19(15-18)31-2/h6-7,9-10,12,14-15H,3-5,8,11,13H2,1-2H3/p+1. The lowest BCUT2D eigenvalue weighted by molar-refractivity contribution is -0.567. The molecule has 0 radical (unpaired) electrons. The van der Waals surface area contributed by atoms with Gasteiger partial charge in [-0.2, -0.15) is 0 Å². The third-order valence-electron chi connectivity index (χ3n) is 5.97. The molecule has 0 aliphatic heterocycles. The summed E-state index contributed by atoms with van der Waals surface area (Å²) in [5.41, 5.74) is 3.67. The molecule has 5 rings (SSSR count). The second-order valence-electron chi connectivity index (χ2n) is 8.07. The van der Waals surface area contributed by atoms with Crippen molar-refractivity contribution >= 4 is 16.7 Å². The normalized spacial score (nSPS) is 14.2. The molecule has 4 aromatic rings. The van der Waals surface area contributed by atoms with Crippen molar-refractivity contribution in [2.75, 3.05) is 7.11 Å². The van der Waals surface area contributed by atoms with E-state index in [0.717, 1.165) is 42.1 Å². The molecule has 1 N–H and O–H groups in total. The minimum Gasteiger partial charge on any atom is -0.497 e. The number of methoxy groups -OCH3 is 1. The van der Waals surface area contributed by atoms with Gasteiger partial charge in [-0.1, -0.05) is 33.7 Å². The van der Waals surface area contributed by atoms with Crippen LogP contribution in [-0.2, 0) is 6.54 Å². The van der Waals surface area contributed by atoms with Crippen LogP contribution in [-0.4, -0.2) is 26.7 Å². The Balaban J connectivity index is 1.70. The molecule has 0 unspecified atom stereocenters. The van der Waals surface area contributed by atoms with Crippen LogP contribution in [0.2, 0.25) is 0 Å². The highest BCUT2D eigenvalue weighted by Crippen LogP contribution is 2.26. The molecular weight excluding hydrogens is 390 g/mol. The fourth-order valence-corrected chi connectivity index (χ4v) is 4.38. The van der Waals surface area contributed by atoms with E-state index in [1.165, 1.54) is 18.4 Å². The second-order valence-corrected chi connectivity index (χ2v) is 8.07. The van der Waals surface area contributed by atoms with Crippen LogP contribution in [0.3, 0.4) is 0 Å². The van der Waals surface area contributed by atoms with E-state index in [2.05, 4.69) is 21.1 Å². The summed E-state index contributed by atoms with van der Waals surface area (Å²) in [5, 5.41) is 3.81. The third kappa shape index (κ3) is 3.60. The highest BCUT2D eigenvalue weighted by Gasteiger charge is 2.24. The van der Waals surface area contributed by atoms with Crippen LogP contribution in [0.15, 0.2) is 53.0 Å². The lowest BCUT2D eigenvalue weighted by atomic mass is 9.97. The highest BCUT2D eigenvalue weighted by molar-refractivity contribution is 5.90. The van der Waals surface area contributed by atoms with Gasteiger partial charge < -0.3 is 9.30 Å². The van der Waals surface area contributed by atoms with Crippen molar-refractivity contribution in [1.29, 1.82) is 0 Å². The highest BCUT2D eigenvalue weighted by atomic mass is 16.5. The maximum Gasteiger partial charge on any atom is 0.458 e. The molecule has 31 heavy (non-hydrogen) atoms. The van der Waals surface area contributed by atoms with E-state index >= 15 is 0 Å². The average Bonchev–Trinajstić information content (AvgIpc) is 3.17. The minimum absolute atomic E-state index is 0.0408. The smallest absolute Gasteiger partial charge is 0.458 e. The van der Waals surface area contributed by atoms with Gasteiger partial charge >= 0.3 is 5.78 Å². The zero-order valence-electron chi connectivity index (χ0n) is 17.9. The van der Waals surface area contributed by atoms with Crippen molar-refractivity contribution in [3.05, 3.63) is 64.4 Å². The Morgan fingerprint density at radius 3 is 2.94 bits per heavy atom. The number of hydrogen-bond donors (Lipinski definition) is 1. The number of hydrogen-bond acceptors (Lipinski definition) is 4. The monoisotopic (exact) mass is 416 g/mol. The molecule has 0 fully saturated rings. The maximum absolute atomic E-state index is 13.6. The van der Waals surface area contributed by atoms with Crippen molar-refractivity contribution in [3.8, 4) is 17.0 Å². The molecule has 1 aromatic carbocycles. The van der Waals surface area contributed by atoms with Gasteiger partial charge in [-0.25, -0.2) is 5.10 Å². The number of aromatic amines is 1. The van der Waals surface area contributed by atoms with Gasteiger partial charge in [0.1, 0.15) is 11.1 Å². The van der Waals surface area contributed by atoms with E-state index in [0.29, 0.717) is 23.2 Å². The molecular formula is C24H26N5O2+. The second kappa shape index (κ2) is 7.98. The number of ether oxygens (including phenoxy) is 1. The predicted octanol–water partition coefficient (Wildman–Crippen LogP) is 3.73. The molecule has 3 heterocycles. The van der Waals surface area contributed by atoms with Gasteiger partial charge in [-0.3, -0.25) is 4.79 Å². The Labute approximate surface area is 180 Å². The van der Waals surface area contributed by atoms with E-state index in [1.54, 1.807) is 16.2 Å². The van der Waals surface area contributed by atoms with Crippen molar-refractivity contribution in [1.82, 2.24) is 19.6 Å². The summed E-state index contributed by atoms with van der Waals surface area (Å²) in [6.07, 6.45) is 9.91. The van der Waals surface area contributed by atoms with Crippen LogP contribution in [0.25, 0.3) is 27.9 Å². The Hall–Kier alpha value is -3.48. The molecule has 3 aromatic heterocycles. The topological polar surface area (TPSA) is 76.9 Å². The van der Waals surface area contributed by atoms with Gasteiger partial charge in [-0.15, -0.1) is 4.52 Å². The van der Waals surface area contributed by atoms with Gasteiger partial charge in [0.05, 0.1) is 7.11 Å². The minimum atomic E-state index is -0.0408. The van der Waals surface area contributed by atoms with Crippen LogP contribution < -0.4 is 14.8 Å². The molecule has 0 saturated heterocycles. The van der Waals surface area contributed by atoms with E-state index in [-0.39, 0.29) is 5.56 Å². The van der Waals surface area contributed by atoms with Crippen LogP contribution in [0, 0.1) is 6.92 Å². The molecule has 0 bridgehead atoms. The number of aryl methyl sites for hydroxylation is 2. The van der Waals surface area contributed by atoms with E-state index in [9.17, 15) is 4.79 Å². The number of nitrogens with zero attached hydrogens (tertiary/aromatic N) is 4. The molecule has 0 atom stereocenters. The Morgan fingerprint density at radius 2 is 2.13 bits per heavy atom. The first-order valence-corrected chi connectivity index (χ1v) is 10.8. The number of H-pyrrole nitrogens is 1. The first-order valence-electron chi connectivity index (χ1n) is 10.8. The van der Waals surface area contributed by atoms with Crippen molar-refractivity contribution in [2.24, 2.45) is 0 Å². The fraction of sp³-hybridized carbons (Fsp3) is 0.333. The lowest BCUT2D eigenvalue weighted by Crippen LogP contribution is -2.32. The van der Waals surface area contributed by atoms with Gasteiger partial charge in [0.2, 0.25) is 5.82 Å². The molecule has 158 valence electrons. The number of fused-ring (bicyclic) bond motifs is 2. The summed E-state index contributed by atoms with van der Waals surface area (Å²) in [6.45, 7) is 2.55. The maximum atomic E-state index is 13.6. The SMILES string of the molecule is COc1cccc(-c2c3c(=O)n(CCC4=CCCCC4)ccc3nc3nc(C)[nH][n+]23)c1. The van der Waals surface area contributed by atoms with Crippen molar-refractivity contribution in [3.63, 3.8) is 0 Å². The lowest BCUT2D eigenvalue weighted by Gasteiger charge is -2.14. The largest absolute Gasteiger partial charge is 0.497 e. The number of benzene rings is 1. The summed E-state index contributed by atoms with van der Waals surface area (Å²) in [6, 6.07) is 9.64. The molecule has 0 spiro atoms. The summed E-state index contributed by atoms with van der Waals surface area (Å²) in [5.74, 6) is 2.00. The number of allylic oxidation sites excluding steroid dienone is 2. The molecule has 1 aliphatic rings. The predicted molar refractivity (Wildman–Crippen MR) is 119 cm³/mol. The number of pyridine rings is 1. The Kier molecular flexibility index (Phi) is 5.02. The zero-order chi connectivity index (χ0) is 21.4. The number of aromatic nitrogens is 5. The van der Waals surface area contributed by atoms with Gasteiger partial charge in [0, 0.05) is 25.2 Å². The van der Waals surface area contributed by atoms with Crippen LogP contribution >= 0.6 is 0 Å². The average molecular weight is 417 g/mol. The summed E-state index contributed by atoms with van der Waals surface area (Å²) in [7, 11) is 1.64. The third-order valence-corrected chi connectivity index (χ3v) is 5.97. The van der Waals surface area contributed by atoms with Gasteiger partial charge in [0.15, 0.2) is 11.2 Å². The molecule has 7 heteroatoms. The fourth-order valence-electron chi connectivity index (χ4n) is 4.38. The summed E-state index contributed by atoms with van der Waals surface area (Å²) < 4.78 is 9.02. The Bertz CT molecular complexity index is 1370. The summed E-state index contributed by atoms with van der Waals surface area (Å²) >= 11 is 0. The molecule has 7 nitrogen and oxygen atoms in total. The first-order chi connectivity index (χ1) is 15.1. The summed E-state index contributed by atoms with van der Waals surface area (Å²) in [4.78, 5) is 22.8. The first kappa shape index (κ1) is 19.5. The van der Waals surface area contributed by atoms with Crippen LogP contribution in [0.4, 0.5) is 0 Å². The van der Waals surface area contributed by atoms with Gasteiger partial charge in [0.25, 0.3) is 5.56 Å². The van der Waals surface area contributed by atoms with E-state index < -0.39 is 0 Å². The van der Waals surface area contributed by atoms with Crippen molar-refractivity contribution in [2.45, 2.75) is 45.6 Å². The Morgan fingerprint density at radius 1 is 1.23 bits per heavy atom. The van der Waals surface area contributed by atoms with Crippen LogP contribution in [0.1, 0.15) is 37.9 Å². The van der Waals surface area contributed by atoms with E-state index in [1.807, 2.05) is 43.5 Å².